The molecule has 1 amide bonds. The van der Waals surface area contributed by atoms with Crippen LogP contribution in [0.25, 0.3) is 0 Å². The summed E-state index contributed by atoms with van der Waals surface area (Å²) in [4.78, 5) is 11.9. The Morgan fingerprint density at radius 2 is 2.05 bits per heavy atom. The molecule has 0 saturated heterocycles. The van der Waals surface area contributed by atoms with Crippen LogP contribution in [0.1, 0.15) is 27.7 Å². The van der Waals surface area contributed by atoms with Gasteiger partial charge in [0.1, 0.15) is 6.10 Å². The molecule has 0 fully saturated rings. The van der Waals surface area contributed by atoms with E-state index in [1.165, 1.54) is 12.1 Å². The van der Waals surface area contributed by atoms with Gasteiger partial charge in [0.2, 0.25) is 0 Å². The van der Waals surface area contributed by atoms with E-state index in [0.717, 1.165) is 12.1 Å². The number of aromatic nitrogens is 1. The van der Waals surface area contributed by atoms with E-state index < -0.39 is 23.8 Å². The molecule has 0 spiro atoms. The highest BCUT2D eigenvalue weighted by atomic mass is 19.4. The first-order valence-electron chi connectivity index (χ1n) is 6.54. The Morgan fingerprint density at radius 1 is 1.32 bits per heavy atom. The van der Waals surface area contributed by atoms with Crippen molar-refractivity contribution in [2.45, 2.75) is 12.3 Å². The number of hydrogen-bond acceptors (Lipinski definition) is 2. The summed E-state index contributed by atoms with van der Waals surface area (Å²) in [5.41, 5.74) is -0.388. The number of aliphatic hydroxyl groups excluding tert-OH is 1. The molecule has 22 heavy (non-hydrogen) atoms. The van der Waals surface area contributed by atoms with Gasteiger partial charge in [-0.1, -0.05) is 6.07 Å². The first kappa shape index (κ1) is 16.1. The Bertz CT molecular complexity index is 665. The van der Waals surface area contributed by atoms with Gasteiger partial charge >= 0.3 is 6.18 Å². The number of rotatable bonds is 4. The topological polar surface area (TPSA) is 54.3 Å². The van der Waals surface area contributed by atoms with E-state index in [4.69, 9.17) is 0 Å². The largest absolute Gasteiger partial charge is 0.416 e. The van der Waals surface area contributed by atoms with Crippen molar-refractivity contribution >= 4 is 5.91 Å². The third kappa shape index (κ3) is 3.67. The number of aryl methyl sites for hydroxylation is 1. The zero-order valence-corrected chi connectivity index (χ0v) is 11.8. The van der Waals surface area contributed by atoms with Crippen LogP contribution >= 0.6 is 0 Å². The predicted molar refractivity (Wildman–Crippen MR) is 74.2 cm³/mol. The van der Waals surface area contributed by atoms with Crippen LogP contribution in [0, 0.1) is 0 Å². The minimum atomic E-state index is -4.50. The van der Waals surface area contributed by atoms with Crippen LogP contribution in [0.15, 0.2) is 42.6 Å². The predicted octanol–water partition coefficient (Wildman–Crippen LogP) is 2.51. The summed E-state index contributed by atoms with van der Waals surface area (Å²) in [5, 5.41) is 12.4. The van der Waals surface area contributed by atoms with Crippen molar-refractivity contribution in [1.29, 1.82) is 0 Å². The number of benzene rings is 1. The van der Waals surface area contributed by atoms with Gasteiger partial charge in [-0.3, -0.25) is 4.79 Å². The molecular formula is C15H15F3N2O2. The fourth-order valence-electron chi connectivity index (χ4n) is 2.05. The van der Waals surface area contributed by atoms with Crippen LogP contribution in [-0.4, -0.2) is 22.1 Å². The van der Waals surface area contributed by atoms with Crippen molar-refractivity contribution in [1.82, 2.24) is 9.88 Å². The van der Waals surface area contributed by atoms with E-state index in [9.17, 15) is 23.1 Å². The lowest BCUT2D eigenvalue weighted by molar-refractivity contribution is -0.137. The second kappa shape index (κ2) is 6.23. The molecular weight excluding hydrogens is 297 g/mol. The highest BCUT2D eigenvalue weighted by Crippen LogP contribution is 2.29. The van der Waals surface area contributed by atoms with E-state index in [1.807, 2.05) is 0 Å². The molecule has 0 aliphatic rings. The van der Waals surface area contributed by atoms with Crippen LogP contribution in [0.5, 0.6) is 0 Å². The maximum absolute atomic E-state index is 12.6. The molecule has 7 heteroatoms. The Balaban J connectivity index is 2.02. The lowest BCUT2D eigenvalue weighted by Crippen LogP contribution is -2.29. The van der Waals surface area contributed by atoms with Gasteiger partial charge in [0.15, 0.2) is 0 Å². The number of carbonyl (C=O) groups excluding carboxylic acids is 1. The lowest BCUT2D eigenvalue weighted by atomic mass is 10.1. The standard InChI is InChI=1S/C15H15F3N2O2/c1-20-7-3-6-12(20)13(21)9-19-14(22)10-4-2-5-11(8-10)15(16,17)18/h2-8,13,21H,9H2,1H3,(H,19,22). The molecule has 2 aromatic rings. The molecule has 1 unspecified atom stereocenters. The van der Waals surface area contributed by atoms with Crippen molar-refractivity contribution in [3.05, 3.63) is 59.4 Å². The Kier molecular flexibility index (Phi) is 4.56. The van der Waals surface area contributed by atoms with Crippen molar-refractivity contribution < 1.29 is 23.1 Å². The molecule has 1 aromatic carbocycles. The number of hydrogen-bond donors (Lipinski definition) is 2. The fraction of sp³-hybridized carbons (Fsp3) is 0.267. The molecule has 2 rings (SSSR count). The quantitative estimate of drug-likeness (QED) is 0.911. The molecule has 0 aliphatic heterocycles. The van der Waals surface area contributed by atoms with E-state index in [2.05, 4.69) is 5.32 Å². The summed E-state index contributed by atoms with van der Waals surface area (Å²) >= 11 is 0. The van der Waals surface area contributed by atoms with Crippen molar-refractivity contribution in [2.75, 3.05) is 6.54 Å². The Hall–Kier alpha value is -2.28. The number of amides is 1. The van der Waals surface area contributed by atoms with Crippen molar-refractivity contribution in [3.63, 3.8) is 0 Å². The van der Waals surface area contributed by atoms with Gasteiger partial charge in [0.25, 0.3) is 5.91 Å². The zero-order valence-electron chi connectivity index (χ0n) is 11.8. The van der Waals surface area contributed by atoms with Gasteiger partial charge in [-0.05, 0) is 30.3 Å². The zero-order chi connectivity index (χ0) is 16.3. The number of aliphatic hydroxyl groups is 1. The van der Waals surface area contributed by atoms with Gasteiger partial charge in [0, 0.05) is 31.0 Å². The molecule has 0 bridgehead atoms. The number of nitrogens with one attached hydrogen (secondary N) is 1. The fourth-order valence-corrected chi connectivity index (χ4v) is 2.05. The van der Waals surface area contributed by atoms with E-state index in [0.29, 0.717) is 5.69 Å². The number of carbonyl (C=O) groups is 1. The minimum Gasteiger partial charge on any atom is -0.385 e. The van der Waals surface area contributed by atoms with Gasteiger partial charge in [0.05, 0.1) is 5.56 Å². The van der Waals surface area contributed by atoms with Crippen LogP contribution in [0.3, 0.4) is 0 Å². The molecule has 0 aliphatic carbocycles. The third-order valence-electron chi connectivity index (χ3n) is 3.23. The molecule has 1 aromatic heterocycles. The van der Waals surface area contributed by atoms with Crippen LogP contribution in [0.2, 0.25) is 0 Å². The third-order valence-corrected chi connectivity index (χ3v) is 3.23. The summed E-state index contributed by atoms with van der Waals surface area (Å²) < 4.78 is 39.5. The smallest absolute Gasteiger partial charge is 0.385 e. The number of nitrogens with zero attached hydrogens (tertiary/aromatic N) is 1. The summed E-state index contributed by atoms with van der Waals surface area (Å²) in [6.07, 6.45) is -3.69. The minimum absolute atomic E-state index is 0.0903. The molecule has 0 radical (unpaired) electrons. The summed E-state index contributed by atoms with van der Waals surface area (Å²) in [5.74, 6) is -0.667. The molecule has 4 nitrogen and oxygen atoms in total. The lowest BCUT2D eigenvalue weighted by Gasteiger charge is -2.14. The highest BCUT2D eigenvalue weighted by molar-refractivity contribution is 5.94. The Morgan fingerprint density at radius 3 is 2.64 bits per heavy atom. The first-order valence-corrected chi connectivity index (χ1v) is 6.54. The van der Waals surface area contributed by atoms with Crippen LogP contribution in [-0.2, 0) is 13.2 Å². The van der Waals surface area contributed by atoms with E-state index in [-0.39, 0.29) is 12.1 Å². The highest BCUT2D eigenvalue weighted by Gasteiger charge is 2.30. The van der Waals surface area contributed by atoms with Gasteiger partial charge in [-0.2, -0.15) is 13.2 Å². The van der Waals surface area contributed by atoms with Crippen molar-refractivity contribution in [2.24, 2.45) is 7.05 Å². The van der Waals surface area contributed by atoms with Crippen LogP contribution < -0.4 is 5.32 Å². The van der Waals surface area contributed by atoms with E-state index in [1.54, 1.807) is 29.9 Å². The van der Waals surface area contributed by atoms with E-state index >= 15 is 0 Å². The first-order chi connectivity index (χ1) is 10.3. The second-order valence-corrected chi connectivity index (χ2v) is 4.85. The summed E-state index contributed by atoms with van der Waals surface area (Å²) in [6, 6.07) is 7.58. The van der Waals surface area contributed by atoms with Crippen LogP contribution in [0.4, 0.5) is 13.2 Å². The monoisotopic (exact) mass is 312 g/mol. The number of halogens is 3. The SMILES string of the molecule is Cn1cccc1C(O)CNC(=O)c1cccc(C(F)(F)F)c1. The maximum atomic E-state index is 12.6. The second-order valence-electron chi connectivity index (χ2n) is 4.85. The maximum Gasteiger partial charge on any atom is 0.416 e. The molecule has 1 heterocycles. The average Bonchev–Trinajstić information content (AvgIpc) is 2.90. The number of alkyl halides is 3. The van der Waals surface area contributed by atoms with Gasteiger partial charge < -0.3 is 15.0 Å². The average molecular weight is 312 g/mol. The summed E-state index contributed by atoms with van der Waals surface area (Å²) in [7, 11) is 1.74. The molecule has 118 valence electrons. The normalized spacial score (nSPS) is 13.0. The van der Waals surface area contributed by atoms with Gasteiger partial charge in [-0.15, -0.1) is 0 Å². The van der Waals surface area contributed by atoms with Gasteiger partial charge in [-0.25, -0.2) is 0 Å². The Labute approximate surface area is 125 Å². The molecule has 1 atom stereocenters. The molecule has 2 N–H and O–H groups in total. The van der Waals surface area contributed by atoms with Crippen molar-refractivity contribution in [3.8, 4) is 0 Å². The summed E-state index contributed by atoms with van der Waals surface area (Å²) in [6.45, 7) is -0.0903. The molecule has 0 saturated carbocycles.